The van der Waals surface area contributed by atoms with Crippen molar-refractivity contribution in [1.29, 1.82) is 0 Å². The summed E-state index contributed by atoms with van der Waals surface area (Å²) in [5.74, 6) is -0.231. The molecule has 6 heteroatoms. The van der Waals surface area contributed by atoms with Gasteiger partial charge in [0, 0.05) is 11.9 Å². The summed E-state index contributed by atoms with van der Waals surface area (Å²) in [7, 11) is 0. The van der Waals surface area contributed by atoms with Gasteiger partial charge in [0.15, 0.2) is 0 Å². The first-order valence-corrected chi connectivity index (χ1v) is 7.13. The highest BCUT2D eigenvalue weighted by atomic mass is 35.5. The Morgan fingerprint density at radius 3 is 3.10 bits per heavy atom. The molecule has 1 aromatic heterocycles. The summed E-state index contributed by atoms with van der Waals surface area (Å²) in [6.07, 6.45) is 0. The number of para-hydroxylation sites is 1. The third kappa shape index (κ3) is 2.72. The Balaban J connectivity index is 1.97. The van der Waals surface area contributed by atoms with Gasteiger partial charge < -0.3 is 14.7 Å². The molecule has 1 aliphatic rings. The fourth-order valence-corrected chi connectivity index (χ4v) is 2.73. The first-order chi connectivity index (χ1) is 10.2. The minimum Gasteiger partial charge on any atom is -0.394 e. The van der Waals surface area contributed by atoms with Crippen molar-refractivity contribution in [3.05, 3.63) is 41.0 Å². The molecule has 1 N–H and O–H groups in total. The van der Waals surface area contributed by atoms with Gasteiger partial charge >= 0.3 is 0 Å². The normalized spacial score (nSPS) is 19.0. The van der Waals surface area contributed by atoms with Crippen LogP contribution in [0.15, 0.2) is 30.3 Å². The number of hydrogen-bond acceptors (Lipinski definition) is 4. The highest BCUT2D eigenvalue weighted by Crippen LogP contribution is 2.24. The maximum Gasteiger partial charge on any atom is 0.273 e. The van der Waals surface area contributed by atoms with Crippen LogP contribution in [0.25, 0.3) is 10.9 Å². The number of carbonyl (C=O) groups is 1. The monoisotopic (exact) mass is 306 g/mol. The van der Waals surface area contributed by atoms with Gasteiger partial charge in [0.2, 0.25) is 0 Å². The number of aliphatic hydroxyl groups is 1. The molecule has 0 saturated carbocycles. The molecule has 1 amide bonds. The van der Waals surface area contributed by atoms with Crippen molar-refractivity contribution in [2.75, 3.05) is 26.4 Å². The molecule has 1 saturated heterocycles. The fraction of sp³-hybridized carbons (Fsp3) is 0.333. The molecular formula is C15H15ClN2O3. The Bertz CT molecular complexity index is 677. The Labute approximate surface area is 127 Å². The Morgan fingerprint density at radius 1 is 1.48 bits per heavy atom. The second-order valence-electron chi connectivity index (χ2n) is 4.92. The molecule has 110 valence electrons. The van der Waals surface area contributed by atoms with Crippen LogP contribution >= 0.6 is 11.6 Å². The van der Waals surface area contributed by atoms with Crippen molar-refractivity contribution in [2.45, 2.75) is 6.04 Å². The van der Waals surface area contributed by atoms with E-state index >= 15 is 0 Å². The molecule has 1 atom stereocenters. The minimum absolute atomic E-state index is 0.132. The number of ether oxygens (including phenoxy) is 1. The molecule has 2 aromatic rings. The molecule has 0 bridgehead atoms. The number of nitrogens with zero attached hydrogens (tertiary/aromatic N) is 2. The molecule has 0 radical (unpaired) electrons. The predicted molar refractivity (Wildman–Crippen MR) is 79.5 cm³/mol. The van der Waals surface area contributed by atoms with Gasteiger partial charge in [-0.15, -0.1) is 0 Å². The Kier molecular flexibility index (Phi) is 4.05. The van der Waals surface area contributed by atoms with E-state index in [9.17, 15) is 9.90 Å². The average molecular weight is 307 g/mol. The van der Waals surface area contributed by atoms with Gasteiger partial charge in [-0.2, -0.15) is 0 Å². The predicted octanol–water partition coefficient (Wildman–Crippen LogP) is 1.72. The van der Waals surface area contributed by atoms with Crippen molar-refractivity contribution < 1.29 is 14.6 Å². The van der Waals surface area contributed by atoms with E-state index in [2.05, 4.69) is 4.98 Å². The molecule has 5 nitrogen and oxygen atoms in total. The van der Waals surface area contributed by atoms with Crippen LogP contribution in [-0.2, 0) is 4.74 Å². The molecule has 0 spiro atoms. The smallest absolute Gasteiger partial charge is 0.273 e. The summed E-state index contributed by atoms with van der Waals surface area (Å²) < 4.78 is 5.28. The highest BCUT2D eigenvalue weighted by molar-refractivity contribution is 6.35. The standard InChI is InChI=1S/C15H15ClN2O3/c16-12-7-14(17-13-4-2-1-3-11(12)13)15(20)18-5-6-21-9-10(18)8-19/h1-4,7,10,19H,5-6,8-9H2. The third-order valence-corrected chi connectivity index (χ3v) is 3.90. The average Bonchev–Trinajstić information content (AvgIpc) is 2.54. The lowest BCUT2D eigenvalue weighted by molar-refractivity contribution is -0.0186. The van der Waals surface area contributed by atoms with E-state index in [1.54, 1.807) is 11.0 Å². The van der Waals surface area contributed by atoms with Crippen molar-refractivity contribution >= 4 is 28.4 Å². The van der Waals surface area contributed by atoms with Gasteiger partial charge in [0.25, 0.3) is 5.91 Å². The number of aromatic nitrogens is 1. The number of morpholine rings is 1. The molecule has 1 fully saturated rings. The van der Waals surface area contributed by atoms with Gasteiger partial charge in [-0.05, 0) is 12.1 Å². The molecular weight excluding hydrogens is 292 g/mol. The van der Waals surface area contributed by atoms with Gasteiger partial charge in [-0.1, -0.05) is 29.8 Å². The lowest BCUT2D eigenvalue weighted by atomic mass is 10.1. The van der Waals surface area contributed by atoms with Gasteiger partial charge in [-0.25, -0.2) is 4.98 Å². The zero-order valence-corrected chi connectivity index (χ0v) is 12.1. The molecule has 2 heterocycles. The summed E-state index contributed by atoms with van der Waals surface area (Å²) in [6, 6.07) is 8.66. The third-order valence-electron chi connectivity index (χ3n) is 3.58. The van der Waals surface area contributed by atoms with Gasteiger partial charge in [-0.3, -0.25) is 4.79 Å². The second-order valence-corrected chi connectivity index (χ2v) is 5.32. The zero-order chi connectivity index (χ0) is 14.8. The number of aliphatic hydroxyl groups excluding tert-OH is 1. The summed E-state index contributed by atoms with van der Waals surface area (Å²) >= 11 is 6.23. The molecule has 1 unspecified atom stereocenters. The van der Waals surface area contributed by atoms with E-state index < -0.39 is 0 Å². The van der Waals surface area contributed by atoms with Crippen LogP contribution in [0.1, 0.15) is 10.5 Å². The quantitative estimate of drug-likeness (QED) is 0.917. The number of hydrogen-bond donors (Lipinski definition) is 1. The van der Waals surface area contributed by atoms with E-state index in [1.165, 1.54) is 0 Å². The number of fused-ring (bicyclic) bond motifs is 1. The lowest BCUT2D eigenvalue weighted by Crippen LogP contribution is -2.50. The minimum atomic E-state index is -0.335. The molecule has 1 aliphatic heterocycles. The number of pyridine rings is 1. The molecule has 1 aromatic carbocycles. The fourth-order valence-electron chi connectivity index (χ4n) is 2.46. The zero-order valence-electron chi connectivity index (χ0n) is 11.3. The van der Waals surface area contributed by atoms with Gasteiger partial charge in [0.1, 0.15) is 5.69 Å². The second kappa shape index (κ2) is 5.97. The summed E-state index contributed by atoms with van der Waals surface area (Å²) in [5, 5.41) is 10.7. The van der Waals surface area contributed by atoms with Crippen LogP contribution in [0.4, 0.5) is 0 Å². The molecule has 3 rings (SSSR count). The van der Waals surface area contributed by atoms with Crippen LogP contribution in [0.5, 0.6) is 0 Å². The number of carbonyl (C=O) groups excluding carboxylic acids is 1. The van der Waals surface area contributed by atoms with Crippen LogP contribution in [-0.4, -0.2) is 53.3 Å². The molecule has 21 heavy (non-hydrogen) atoms. The maximum absolute atomic E-state index is 12.6. The van der Waals surface area contributed by atoms with Crippen LogP contribution < -0.4 is 0 Å². The topological polar surface area (TPSA) is 62.7 Å². The van der Waals surface area contributed by atoms with Crippen molar-refractivity contribution in [1.82, 2.24) is 9.88 Å². The largest absolute Gasteiger partial charge is 0.394 e. The summed E-state index contributed by atoms with van der Waals surface area (Å²) in [6.45, 7) is 1.11. The number of benzene rings is 1. The van der Waals surface area contributed by atoms with E-state index in [4.69, 9.17) is 16.3 Å². The number of amides is 1. The first-order valence-electron chi connectivity index (χ1n) is 6.75. The van der Waals surface area contributed by atoms with Crippen LogP contribution in [0, 0.1) is 0 Å². The number of rotatable bonds is 2. The van der Waals surface area contributed by atoms with Crippen molar-refractivity contribution in [3.8, 4) is 0 Å². The summed E-state index contributed by atoms with van der Waals surface area (Å²) in [5.41, 5.74) is 0.973. The summed E-state index contributed by atoms with van der Waals surface area (Å²) in [4.78, 5) is 18.6. The molecule has 0 aliphatic carbocycles. The maximum atomic E-state index is 12.6. The van der Waals surface area contributed by atoms with Crippen LogP contribution in [0.3, 0.4) is 0 Å². The number of halogens is 1. The van der Waals surface area contributed by atoms with E-state index in [0.717, 1.165) is 5.39 Å². The van der Waals surface area contributed by atoms with E-state index in [0.29, 0.717) is 36.0 Å². The van der Waals surface area contributed by atoms with Crippen molar-refractivity contribution in [3.63, 3.8) is 0 Å². The Hall–Kier alpha value is -1.69. The Morgan fingerprint density at radius 2 is 2.29 bits per heavy atom. The van der Waals surface area contributed by atoms with E-state index in [1.807, 2.05) is 24.3 Å². The highest BCUT2D eigenvalue weighted by Gasteiger charge is 2.28. The van der Waals surface area contributed by atoms with E-state index in [-0.39, 0.29) is 18.6 Å². The van der Waals surface area contributed by atoms with Crippen molar-refractivity contribution in [2.24, 2.45) is 0 Å². The van der Waals surface area contributed by atoms with Gasteiger partial charge in [0.05, 0.1) is 36.4 Å². The first kappa shape index (κ1) is 14.3. The SMILES string of the molecule is O=C(c1cc(Cl)c2ccccc2n1)N1CCOCC1CO. The lowest BCUT2D eigenvalue weighted by Gasteiger charge is -2.34. The van der Waals surface area contributed by atoms with Crippen LogP contribution in [0.2, 0.25) is 5.02 Å².